The number of benzene rings is 1. The summed E-state index contributed by atoms with van der Waals surface area (Å²) in [5.41, 5.74) is 1.16. The summed E-state index contributed by atoms with van der Waals surface area (Å²) in [5.74, 6) is 0.341. The van der Waals surface area contributed by atoms with Crippen LogP contribution in [0, 0.1) is 18.8 Å². The number of nitriles is 1. The standard InChI is InChI=1S/C24H26F3N5O.C2H6.CHN/c1-16-15-32-21(28-22(16)30-11-6-7-12-30)14-19(29-32)20-10-4-5-13-31(20)23(33)17-8-2-3-9-18(17)24(25,26)27;2*1-2/h2-3,8-9,14-15,20H,4-7,10-13H2,1H3;1-2H3;1H. The fourth-order valence-electron chi connectivity index (χ4n) is 4.98. The third kappa shape index (κ3) is 5.87. The smallest absolute Gasteiger partial charge is 0.356 e. The third-order valence-electron chi connectivity index (χ3n) is 6.60. The number of halogens is 3. The van der Waals surface area contributed by atoms with Crippen molar-refractivity contribution in [3.05, 3.63) is 58.9 Å². The molecule has 3 aromatic rings. The molecule has 1 aromatic carbocycles. The van der Waals surface area contributed by atoms with E-state index in [1.54, 1.807) is 9.42 Å². The molecule has 1 amide bonds. The quantitative estimate of drug-likeness (QED) is 0.417. The minimum absolute atomic E-state index is 0.314. The molecule has 2 saturated heterocycles. The van der Waals surface area contributed by atoms with Crippen molar-refractivity contribution in [2.24, 2.45) is 0 Å². The van der Waals surface area contributed by atoms with Crippen molar-refractivity contribution in [1.82, 2.24) is 19.5 Å². The Morgan fingerprint density at radius 2 is 1.70 bits per heavy atom. The van der Waals surface area contributed by atoms with Crippen LogP contribution in [0.2, 0.25) is 0 Å². The Morgan fingerprint density at radius 1 is 1.05 bits per heavy atom. The molecule has 2 aliphatic heterocycles. The van der Waals surface area contributed by atoms with Gasteiger partial charge in [0.05, 0.1) is 22.9 Å². The minimum atomic E-state index is -4.59. The van der Waals surface area contributed by atoms with Gasteiger partial charge in [0.15, 0.2) is 5.65 Å². The monoisotopic (exact) mass is 514 g/mol. The summed E-state index contributed by atoms with van der Waals surface area (Å²) in [5, 5.41) is 11.2. The van der Waals surface area contributed by atoms with Crippen molar-refractivity contribution in [2.45, 2.75) is 65.1 Å². The summed E-state index contributed by atoms with van der Waals surface area (Å²) in [7, 11) is 0. The number of fused-ring (bicyclic) bond motifs is 1. The van der Waals surface area contributed by atoms with Gasteiger partial charge >= 0.3 is 6.18 Å². The maximum Gasteiger partial charge on any atom is 0.417 e. The maximum atomic E-state index is 13.5. The maximum absolute atomic E-state index is 13.5. The van der Waals surface area contributed by atoms with Crippen LogP contribution < -0.4 is 4.90 Å². The molecular formula is C27H33F3N6O. The summed E-state index contributed by atoms with van der Waals surface area (Å²) in [6.07, 6.45) is 1.93. The van der Waals surface area contributed by atoms with E-state index in [0.29, 0.717) is 24.3 Å². The van der Waals surface area contributed by atoms with Crippen molar-refractivity contribution >= 4 is 17.4 Å². The van der Waals surface area contributed by atoms with Gasteiger partial charge in [-0.3, -0.25) is 4.79 Å². The van der Waals surface area contributed by atoms with E-state index in [9.17, 15) is 18.0 Å². The van der Waals surface area contributed by atoms with Crippen molar-refractivity contribution in [3.8, 4) is 6.57 Å². The van der Waals surface area contributed by atoms with Crippen LogP contribution in [-0.2, 0) is 6.18 Å². The molecule has 0 saturated carbocycles. The van der Waals surface area contributed by atoms with E-state index < -0.39 is 17.6 Å². The van der Waals surface area contributed by atoms with Crippen LogP contribution in [0.25, 0.3) is 5.65 Å². The van der Waals surface area contributed by atoms with E-state index in [-0.39, 0.29) is 11.6 Å². The molecule has 1 atom stereocenters. The largest absolute Gasteiger partial charge is 0.417 e. The van der Waals surface area contributed by atoms with E-state index in [2.05, 4.69) is 16.6 Å². The number of piperidine rings is 1. The molecule has 2 aromatic heterocycles. The third-order valence-corrected chi connectivity index (χ3v) is 6.60. The van der Waals surface area contributed by atoms with Gasteiger partial charge in [0.25, 0.3) is 5.91 Å². The van der Waals surface area contributed by atoms with Crippen molar-refractivity contribution < 1.29 is 18.0 Å². The lowest BCUT2D eigenvalue weighted by Gasteiger charge is -2.35. The molecule has 7 nitrogen and oxygen atoms in total. The number of carbonyl (C=O) groups excluding carboxylic acids is 1. The van der Waals surface area contributed by atoms with Crippen LogP contribution >= 0.6 is 0 Å². The van der Waals surface area contributed by atoms with Gasteiger partial charge in [-0.2, -0.15) is 18.3 Å². The van der Waals surface area contributed by atoms with Crippen LogP contribution in [0.15, 0.2) is 36.5 Å². The number of alkyl halides is 3. The molecule has 2 aliphatic rings. The first-order valence-corrected chi connectivity index (χ1v) is 12.7. The average molecular weight is 515 g/mol. The SMILES string of the molecule is C#N.CC.Cc1cn2nc(C3CCCCN3C(=O)c3ccccc3C(F)(F)F)cc2nc1N1CCCC1. The van der Waals surface area contributed by atoms with Crippen molar-refractivity contribution in [2.75, 3.05) is 24.5 Å². The second-order valence-corrected chi connectivity index (χ2v) is 8.87. The number of anilines is 1. The number of hydrogen-bond acceptors (Lipinski definition) is 5. The molecule has 4 heterocycles. The van der Waals surface area contributed by atoms with Crippen LogP contribution in [-0.4, -0.2) is 45.0 Å². The highest BCUT2D eigenvalue weighted by Gasteiger charge is 2.38. The molecule has 10 heteroatoms. The van der Waals surface area contributed by atoms with Gasteiger partial charge in [0.2, 0.25) is 0 Å². The topological polar surface area (TPSA) is 77.5 Å². The lowest BCUT2D eigenvalue weighted by Crippen LogP contribution is -2.39. The molecule has 2 fully saturated rings. The molecule has 0 aliphatic carbocycles. The number of carbonyl (C=O) groups is 1. The molecule has 0 spiro atoms. The number of aromatic nitrogens is 3. The first-order chi connectivity index (χ1) is 17.8. The highest BCUT2D eigenvalue weighted by molar-refractivity contribution is 5.96. The zero-order chi connectivity index (χ0) is 27.2. The first-order valence-electron chi connectivity index (χ1n) is 12.7. The zero-order valence-corrected chi connectivity index (χ0v) is 21.5. The zero-order valence-electron chi connectivity index (χ0n) is 21.5. The fourth-order valence-corrected chi connectivity index (χ4v) is 4.98. The molecule has 5 rings (SSSR count). The van der Waals surface area contributed by atoms with E-state index in [4.69, 9.17) is 10.2 Å². The predicted molar refractivity (Wildman–Crippen MR) is 136 cm³/mol. The van der Waals surface area contributed by atoms with Gasteiger partial charge in [-0.15, -0.1) is 0 Å². The molecule has 198 valence electrons. The highest BCUT2D eigenvalue weighted by Crippen LogP contribution is 2.36. The van der Waals surface area contributed by atoms with Gasteiger partial charge < -0.3 is 9.80 Å². The Balaban J connectivity index is 0.000000907. The summed E-state index contributed by atoms with van der Waals surface area (Å²) >= 11 is 0. The minimum Gasteiger partial charge on any atom is -0.356 e. The highest BCUT2D eigenvalue weighted by atomic mass is 19.4. The number of aryl methyl sites for hydroxylation is 1. The predicted octanol–water partition coefficient (Wildman–Crippen LogP) is 6.19. The van der Waals surface area contributed by atoms with Gasteiger partial charge in [-0.05, 0) is 51.2 Å². The van der Waals surface area contributed by atoms with E-state index in [0.717, 1.165) is 56.2 Å². The normalized spacial score (nSPS) is 17.6. The molecule has 0 bridgehead atoms. The van der Waals surface area contributed by atoms with Gasteiger partial charge in [-0.25, -0.2) is 14.8 Å². The Labute approximate surface area is 215 Å². The summed E-state index contributed by atoms with van der Waals surface area (Å²) < 4.78 is 42.3. The number of amides is 1. The van der Waals surface area contributed by atoms with E-state index in [1.807, 2.05) is 33.0 Å². The Kier molecular flexibility index (Phi) is 9.14. The number of rotatable bonds is 3. The second kappa shape index (κ2) is 12.1. The Bertz CT molecular complexity index is 1230. The average Bonchev–Trinajstić information content (AvgIpc) is 3.60. The number of hydrogen-bond donors (Lipinski definition) is 0. The summed E-state index contributed by atoms with van der Waals surface area (Å²) in [6.45, 7) is 11.9. The molecule has 0 radical (unpaired) electrons. The lowest BCUT2D eigenvalue weighted by molar-refractivity contribution is -0.138. The van der Waals surface area contributed by atoms with E-state index >= 15 is 0 Å². The second-order valence-electron chi connectivity index (χ2n) is 8.87. The van der Waals surface area contributed by atoms with Gasteiger partial charge in [0, 0.05) is 44.0 Å². The fraction of sp³-hybridized carbons (Fsp3) is 0.481. The summed E-state index contributed by atoms with van der Waals surface area (Å²) in [4.78, 5) is 22.0. The number of nitrogens with zero attached hydrogens (tertiary/aromatic N) is 6. The van der Waals surface area contributed by atoms with Crippen LogP contribution in [0.1, 0.15) is 79.2 Å². The van der Waals surface area contributed by atoms with Crippen LogP contribution in [0.5, 0.6) is 0 Å². The number of likely N-dealkylation sites (tertiary alicyclic amines) is 1. The Morgan fingerprint density at radius 3 is 2.38 bits per heavy atom. The molecular weight excluding hydrogens is 481 g/mol. The first kappa shape index (κ1) is 28.0. The molecule has 1 unspecified atom stereocenters. The van der Waals surface area contributed by atoms with Gasteiger partial charge in [0.1, 0.15) is 5.82 Å². The van der Waals surface area contributed by atoms with E-state index in [1.165, 1.54) is 18.2 Å². The lowest BCUT2D eigenvalue weighted by atomic mass is 9.97. The van der Waals surface area contributed by atoms with Crippen LogP contribution in [0.3, 0.4) is 0 Å². The molecule has 0 N–H and O–H groups in total. The summed E-state index contributed by atoms with van der Waals surface area (Å²) in [6, 6.07) is 6.48. The van der Waals surface area contributed by atoms with Crippen molar-refractivity contribution in [3.63, 3.8) is 0 Å². The van der Waals surface area contributed by atoms with Gasteiger partial charge in [-0.1, -0.05) is 26.0 Å². The van der Waals surface area contributed by atoms with Crippen LogP contribution in [0.4, 0.5) is 19.0 Å². The Hall–Kier alpha value is -3.61. The molecule has 37 heavy (non-hydrogen) atoms. The van der Waals surface area contributed by atoms with Crippen molar-refractivity contribution in [1.29, 1.82) is 5.26 Å².